The molecule has 2 aromatic carbocycles. The highest BCUT2D eigenvalue weighted by Crippen LogP contribution is 2.20. The summed E-state index contributed by atoms with van der Waals surface area (Å²) in [6, 6.07) is 13.6. The van der Waals surface area contributed by atoms with E-state index in [9.17, 15) is 4.79 Å². The number of aryl methyl sites for hydroxylation is 1. The minimum atomic E-state index is 0.0811. The number of carbonyl (C=O) groups excluding carboxylic acids is 1. The van der Waals surface area contributed by atoms with Crippen molar-refractivity contribution in [3.05, 3.63) is 59.8 Å². The molecule has 0 radical (unpaired) electrons. The number of carbonyl (C=O) groups is 1. The Labute approximate surface area is 158 Å². The molecule has 1 saturated heterocycles. The predicted octanol–water partition coefficient (Wildman–Crippen LogP) is 2.98. The van der Waals surface area contributed by atoms with E-state index in [-0.39, 0.29) is 5.91 Å². The highest BCUT2D eigenvalue weighted by molar-refractivity contribution is 5.94. The standard InChI is InChI=1S/C21H23N5O/c1-2-15-4-3-5-17-14-23-21(25-19(15)17)24-18-8-6-16(7-9-18)20(27)26-12-10-22-11-13-26/h3-9,14,22H,2,10-13H2,1H3,(H,23,24,25). The van der Waals surface area contributed by atoms with Crippen LogP contribution in [0.4, 0.5) is 11.6 Å². The van der Waals surface area contributed by atoms with Gasteiger partial charge in [-0.05, 0) is 36.2 Å². The van der Waals surface area contributed by atoms with Crippen molar-refractivity contribution in [3.63, 3.8) is 0 Å². The fourth-order valence-electron chi connectivity index (χ4n) is 3.34. The Morgan fingerprint density at radius 2 is 1.93 bits per heavy atom. The van der Waals surface area contributed by atoms with Gasteiger partial charge in [0, 0.05) is 49.0 Å². The lowest BCUT2D eigenvalue weighted by Gasteiger charge is -2.27. The van der Waals surface area contributed by atoms with Gasteiger partial charge in [-0.1, -0.05) is 25.1 Å². The van der Waals surface area contributed by atoms with Gasteiger partial charge in [0.15, 0.2) is 0 Å². The van der Waals surface area contributed by atoms with Gasteiger partial charge in [0.1, 0.15) is 0 Å². The van der Waals surface area contributed by atoms with Crippen molar-refractivity contribution in [1.82, 2.24) is 20.2 Å². The van der Waals surface area contributed by atoms with Crippen LogP contribution in [0.1, 0.15) is 22.8 Å². The molecule has 1 amide bonds. The van der Waals surface area contributed by atoms with Crippen molar-refractivity contribution in [2.45, 2.75) is 13.3 Å². The van der Waals surface area contributed by atoms with Gasteiger partial charge in [0.05, 0.1) is 5.52 Å². The van der Waals surface area contributed by atoms with Crippen molar-refractivity contribution < 1.29 is 4.79 Å². The second-order valence-corrected chi connectivity index (χ2v) is 6.65. The third kappa shape index (κ3) is 3.75. The van der Waals surface area contributed by atoms with Crippen LogP contribution in [0.15, 0.2) is 48.7 Å². The van der Waals surface area contributed by atoms with E-state index in [2.05, 4.69) is 33.6 Å². The first-order valence-corrected chi connectivity index (χ1v) is 9.36. The molecular formula is C21H23N5O. The molecule has 6 nitrogen and oxygen atoms in total. The first-order chi connectivity index (χ1) is 13.2. The molecule has 2 heterocycles. The lowest BCUT2D eigenvalue weighted by molar-refractivity contribution is 0.0736. The molecule has 0 saturated carbocycles. The molecule has 1 fully saturated rings. The Hall–Kier alpha value is -2.99. The third-order valence-corrected chi connectivity index (χ3v) is 4.87. The Morgan fingerprint density at radius 3 is 2.67 bits per heavy atom. The average molecular weight is 361 g/mol. The number of fused-ring (bicyclic) bond motifs is 1. The molecule has 138 valence electrons. The zero-order chi connectivity index (χ0) is 18.6. The van der Waals surface area contributed by atoms with Crippen LogP contribution in [0.3, 0.4) is 0 Å². The van der Waals surface area contributed by atoms with Crippen LogP contribution in [-0.4, -0.2) is 47.0 Å². The van der Waals surface area contributed by atoms with E-state index >= 15 is 0 Å². The predicted molar refractivity (Wildman–Crippen MR) is 107 cm³/mol. The van der Waals surface area contributed by atoms with Gasteiger partial charge < -0.3 is 15.5 Å². The molecule has 0 bridgehead atoms. The Balaban J connectivity index is 1.51. The first-order valence-electron chi connectivity index (χ1n) is 9.36. The maximum absolute atomic E-state index is 12.5. The Bertz CT molecular complexity index is 948. The quantitative estimate of drug-likeness (QED) is 0.748. The number of nitrogens with one attached hydrogen (secondary N) is 2. The zero-order valence-corrected chi connectivity index (χ0v) is 15.4. The van der Waals surface area contributed by atoms with Crippen LogP contribution in [0.2, 0.25) is 0 Å². The molecule has 6 heteroatoms. The van der Waals surface area contributed by atoms with Gasteiger partial charge in [-0.2, -0.15) is 0 Å². The lowest BCUT2D eigenvalue weighted by Crippen LogP contribution is -2.46. The smallest absolute Gasteiger partial charge is 0.253 e. The van der Waals surface area contributed by atoms with Gasteiger partial charge in [0.2, 0.25) is 5.95 Å². The fourth-order valence-corrected chi connectivity index (χ4v) is 3.34. The van der Waals surface area contributed by atoms with E-state index in [0.717, 1.165) is 49.2 Å². The molecule has 4 rings (SSSR count). The van der Waals surface area contributed by atoms with Gasteiger partial charge in [-0.3, -0.25) is 4.79 Å². The normalized spacial score (nSPS) is 14.3. The second-order valence-electron chi connectivity index (χ2n) is 6.65. The average Bonchev–Trinajstić information content (AvgIpc) is 2.74. The molecule has 1 aliphatic rings. The molecule has 27 heavy (non-hydrogen) atoms. The van der Waals surface area contributed by atoms with E-state index < -0.39 is 0 Å². The molecule has 1 aromatic heterocycles. The summed E-state index contributed by atoms with van der Waals surface area (Å²) in [6.07, 6.45) is 2.77. The van der Waals surface area contributed by atoms with Crippen LogP contribution < -0.4 is 10.6 Å². The maximum Gasteiger partial charge on any atom is 0.253 e. The number of para-hydroxylation sites is 1. The zero-order valence-electron chi connectivity index (χ0n) is 15.4. The largest absolute Gasteiger partial charge is 0.336 e. The van der Waals surface area contributed by atoms with E-state index in [1.807, 2.05) is 47.5 Å². The maximum atomic E-state index is 12.5. The minimum absolute atomic E-state index is 0.0811. The number of benzene rings is 2. The summed E-state index contributed by atoms with van der Waals surface area (Å²) in [6.45, 7) is 5.33. The van der Waals surface area contributed by atoms with Gasteiger partial charge in [0.25, 0.3) is 5.91 Å². The number of hydrogen-bond acceptors (Lipinski definition) is 5. The molecule has 0 aliphatic carbocycles. The van der Waals surface area contributed by atoms with Crippen LogP contribution in [0, 0.1) is 0 Å². The first kappa shape index (κ1) is 17.4. The van der Waals surface area contributed by atoms with Crippen molar-refractivity contribution in [2.75, 3.05) is 31.5 Å². The Kier molecular flexibility index (Phi) is 4.98. The summed E-state index contributed by atoms with van der Waals surface area (Å²) >= 11 is 0. The van der Waals surface area contributed by atoms with Crippen molar-refractivity contribution in [2.24, 2.45) is 0 Å². The summed E-state index contributed by atoms with van der Waals surface area (Å²) in [4.78, 5) is 23.5. The van der Waals surface area contributed by atoms with Crippen molar-refractivity contribution in [1.29, 1.82) is 0 Å². The molecule has 3 aromatic rings. The van der Waals surface area contributed by atoms with Crippen LogP contribution in [-0.2, 0) is 6.42 Å². The summed E-state index contributed by atoms with van der Waals surface area (Å²) in [5.41, 5.74) is 3.74. The molecular weight excluding hydrogens is 338 g/mol. The van der Waals surface area contributed by atoms with E-state index in [0.29, 0.717) is 11.5 Å². The van der Waals surface area contributed by atoms with Crippen molar-refractivity contribution in [3.8, 4) is 0 Å². The lowest BCUT2D eigenvalue weighted by atomic mass is 10.1. The number of nitrogens with zero attached hydrogens (tertiary/aromatic N) is 3. The summed E-state index contributed by atoms with van der Waals surface area (Å²) < 4.78 is 0. The number of anilines is 2. The summed E-state index contributed by atoms with van der Waals surface area (Å²) in [7, 11) is 0. The van der Waals surface area contributed by atoms with Gasteiger partial charge >= 0.3 is 0 Å². The molecule has 1 aliphatic heterocycles. The highest BCUT2D eigenvalue weighted by Gasteiger charge is 2.17. The summed E-state index contributed by atoms with van der Waals surface area (Å²) in [5.74, 6) is 0.641. The van der Waals surface area contributed by atoms with Crippen LogP contribution in [0.5, 0.6) is 0 Å². The molecule has 0 unspecified atom stereocenters. The number of hydrogen-bond donors (Lipinski definition) is 2. The van der Waals surface area contributed by atoms with Gasteiger partial charge in [-0.25, -0.2) is 9.97 Å². The number of aromatic nitrogens is 2. The van der Waals surface area contributed by atoms with Crippen LogP contribution >= 0.6 is 0 Å². The fraction of sp³-hybridized carbons (Fsp3) is 0.286. The third-order valence-electron chi connectivity index (χ3n) is 4.87. The molecule has 2 N–H and O–H groups in total. The van der Waals surface area contributed by atoms with E-state index in [1.165, 1.54) is 5.56 Å². The SMILES string of the molecule is CCc1cccc2cnc(Nc3ccc(C(=O)N4CCNCC4)cc3)nc12. The summed E-state index contributed by atoms with van der Waals surface area (Å²) in [5, 5.41) is 7.54. The van der Waals surface area contributed by atoms with E-state index in [4.69, 9.17) is 0 Å². The minimum Gasteiger partial charge on any atom is -0.336 e. The van der Waals surface area contributed by atoms with E-state index in [1.54, 1.807) is 0 Å². The van der Waals surface area contributed by atoms with Crippen molar-refractivity contribution >= 4 is 28.4 Å². The second kappa shape index (κ2) is 7.72. The molecule has 0 atom stereocenters. The number of amides is 1. The van der Waals surface area contributed by atoms with Crippen LogP contribution in [0.25, 0.3) is 10.9 Å². The van der Waals surface area contributed by atoms with Gasteiger partial charge in [-0.15, -0.1) is 0 Å². The topological polar surface area (TPSA) is 70.2 Å². The Morgan fingerprint density at radius 1 is 1.15 bits per heavy atom. The monoisotopic (exact) mass is 361 g/mol. The molecule has 0 spiro atoms. The number of rotatable bonds is 4. The number of piperazine rings is 1. The highest BCUT2D eigenvalue weighted by atomic mass is 16.2.